The van der Waals surface area contributed by atoms with Crippen LogP contribution >= 0.6 is 0 Å². The molecule has 0 amide bonds. The van der Waals surface area contributed by atoms with Crippen molar-refractivity contribution in [3.05, 3.63) is 210 Å². The van der Waals surface area contributed by atoms with Gasteiger partial charge in [0.25, 0.3) is 0 Å². The van der Waals surface area contributed by atoms with Crippen molar-refractivity contribution in [2.75, 3.05) is 10.6 Å². The van der Waals surface area contributed by atoms with Gasteiger partial charge in [-0.05, 0) is 0 Å². The number of carbonyl (C=O) groups is 2. The van der Waals surface area contributed by atoms with E-state index in [0.29, 0.717) is 33.0 Å². The fourth-order valence-electron chi connectivity index (χ4n) is 6.54. The Kier molecular flexibility index (Phi) is 10.4. The van der Waals surface area contributed by atoms with Gasteiger partial charge in [0.05, 0.1) is 0 Å². The summed E-state index contributed by atoms with van der Waals surface area (Å²) in [6.45, 7) is 6.00. The predicted octanol–water partition coefficient (Wildman–Crippen LogP) is 9.23. The normalized spacial score (nSPS) is 11.8. The maximum absolute atomic E-state index is 15.2. The molecule has 7 aromatic rings. The molecule has 0 aliphatic rings. The number of nitrogens with one attached hydrogen (secondary N) is 2. The molecule has 2 N–H and O–H groups in total. The molecule has 0 saturated heterocycles. The molecule has 6 nitrogen and oxygen atoms in total. The SMILES string of the molecule is Cc1cc[c]([Sb]([O]C(=O)c2ccccc2Nc2ccccc2)([O]C(=O)c2ccccc2Nc2ccccc2)([c]2ccc(C)cc2)[c]2ccc(C)cc2)cc1. The van der Waals surface area contributed by atoms with Crippen LogP contribution in [0.2, 0.25) is 0 Å². The third kappa shape index (κ3) is 7.13. The number of hydrogen-bond acceptors (Lipinski definition) is 6. The maximum atomic E-state index is 15.2. The Bertz CT molecular complexity index is 2180. The van der Waals surface area contributed by atoms with Gasteiger partial charge >= 0.3 is 320 Å². The molecule has 7 rings (SSSR count). The van der Waals surface area contributed by atoms with Crippen molar-refractivity contribution in [3.8, 4) is 0 Å². The van der Waals surface area contributed by atoms with Crippen molar-refractivity contribution in [2.45, 2.75) is 20.8 Å². The Hall–Kier alpha value is -6.10. The molecular weight excluding hydrogens is 778 g/mol. The average Bonchev–Trinajstić information content (AvgIpc) is 3.19. The minimum absolute atomic E-state index is 0.299. The van der Waals surface area contributed by atoms with Gasteiger partial charge in [-0.25, -0.2) is 0 Å². The zero-order chi connectivity index (χ0) is 37.6. The minimum atomic E-state index is -6.35. The van der Waals surface area contributed by atoms with Crippen LogP contribution in [0, 0.1) is 20.8 Å². The molecule has 0 bridgehead atoms. The van der Waals surface area contributed by atoms with Crippen molar-refractivity contribution in [2.24, 2.45) is 0 Å². The van der Waals surface area contributed by atoms with E-state index in [2.05, 4.69) is 10.6 Å². The first-order chi connectivity index (χ1) is 26.2. The summed E-state index contributed by atoms with van der Waals surface area (Å²) in [4.78, 5) is 30.4. The van der Waals surface area contributed by atoms with Crippen LogP contribution in [0.4, 0.5) is 22.7 Å². The van der Waals surface area contributed by atoms with Crippen LogP contribution in [0.15, 0.2) is 182 Å². The van der Waals surface area contributed by atoms with Crippen LogP contribution in [-0.4, -0.2) is 30.2 Å². The van der Waals surface area contributed by atoms with Gasteiger partial charge in [0.15, 0.2) is 0 Å². The standard InChI is InChI=1S/2C13H11NO2.3C7H7.Sb/c2*15-13(16)11-8-4-5-9-12(11)14-10-6-2-1-3-7-10;3*1-7-5-3-2-4-6-7;/h2*1-9,14H,(H,15,16);3*3-6H,1H3;/q;;;;;+2/p-2. The van der Waals surface area contributed by atoms with E-state index in [1.54, 1.807) is 24.3 Å². The molecule has 0 atom stereocenters. The number of rotatable bonds is 11. The van der Waals surface area contributed by atoms with Crippen LogP contribution in [0.5, 0.6) is 0 Å². The summed E-state index contributed by atoms with van der Waals surface area (Å²) < 4.78 is 16.4. The molecule has 0 fully saturated rings. The Morgan fingerprint density at radius 1 is 0.389 bits per heavy atom. The Morgan fingerprint density at radius 2 is 0.685 bits per heavy atom. The third-order valence-electron chi connectivity index (χ3n) is 9.42. The molecule has 54 heavy (non-hydrogen) atoms. The molecule has 0 saturated carbocycles. The molecular formula is C47H41N2O4Sb. The first-order valence-corrected chi connectivity index (χ1v) is 23.7. The van der Waals surface area contributed by atoms with Gasteiger partial charge in [0.2, 0.25) is 0 Å². The van der Waals surface area contributed by atoms with E-state index < -0.39 is 30.2 Å². The van der Waals surface area contributed by atoms with Gasteiger partial charge in [-0.15, -0.1) is 0 Å². The van der Waals surface area contributed by atoms with Crippen LogP contribution in [-0.2, 0) is 6.03 Å². The van der Waals surface area contributed by atoms with E-state index in [1.807, 2.05) is 178 Å². The number of carbonyl (C=O) groups excluding carboxylic acids is 2. The second kappa shape index (κ2) is 15.5. The molecule has 0 aromatic heterocycles. The molecule has 0 heterocycles. The number of hydrogen-bond donors (Lipinski definition) is 2. The van der Waals surface area contributed by atoms with Gasteiger partial charge in [-0.1, -0.05) is 0 Å². The molecule has 7 heteroatoms. The Labute approximate surface area is 318 Å². The summed E-state index contributed by atoms with van der Waals surface area (Å²) in [7, 11) is 0. The second-order valence-corrected chi connectivity index (χ2v) is 24.2. The van der Waals surface area contributed by atoms with Crippen molar-refractivity contribution >= 4 is 63.5 Å². The molecule has 0 aliphatic heterocycles. The van der Waals surface area contributed by atoms with Crippen molar-refractivity contribution in [1.29, 1.82) is 0 Å². The second-order valence-electron chi connectivity index (χ2n) is 13.3. The van der Waals surface area contributed by atoms with Crippen molar-refractivity contribution in [1.82, 2.24) is 0 Å². The molecule has 268 valence electrons. The number of aryl methyl sites for hydroxylation is 3. The van der Waals surface area contributed by atoms with E-state index >= 15 is 9.59 Å². The summed E-state index contributed by atoms with van der Waals surface area (Å²) in [5, 5.41) is 6.79. The van der Waals surface area contributed by atoms with E-state index in [1.165, 1.54) is 0 Å². The van der Waals surface area contributed by atoms with E-state index in [4.69, 9.17) is 6.03 Å². The Balaban J connectivity index is 1.50. The van der Waals surface area contributed by atoms with Crippen LogP contribution in [0.25, 0.3) is 0 Å². The molecule has 0 radical (unpaired) electrons. The average molecular weight is 820 g/mol. The molecule has 0 spiro atoms. The Morgan fingerprint density at radius 3 is 1.02 bits per heavy atom. The summed E-state index contributed by atoms with van der Waals surface area (Å²) in [6, 6.07) is 57.3. The number of benzene rings is 7. The third-order valence-corrected chi connectivity index (χ3v) is 22.9. The van der Waals surface area contributed by atoms with Crippen molar-refractivity contribution < 1.29 is 15.6 Å². The van der Waals surface area contributed by atoms with Crippen LogP contribution in [0.1, 0.15) is 37.4 Å². The summed E-state index contributed by atoms with van der Waals surface area (Å²) in [5.41, 5.74) is 6.36. The monoisotopic (exact) mass is 818 g/mol. The number of para-hydroxylation sites is 4. The summed E-state index contributed by atoms with van der Waals surface area (Å²) >= 11 is -6.35. The quantitative estimate of drug-likeness (QED) is 0.127. The predicted molar refractivity (Wildman–Crippen MR) is 221 cm³/mol. The fourth-order valence-corrected chi connectivity index (χ4v) is 19.3. The fraction of sp³-hybridized carbons (Fsp3) is 0.0638. The van der Waals surface area contributed by atoms with Gasteiger partial charge in [0.1, 0.15) is 0 Å². The van der Waals surface area contributed by atoms with Gasteiger partial charge in [-0.3, -0.25) is 0 Å². The van der Waals surface area contributed by atoms with E-state index in [9.17, 15) is 0 Å². The van der Waals surface area contributed by atoms with Gasteiger partial charge in [0, 0.05) is 0 Å². The van der Waals surface area contributed by atoms with Crippen molar-refractivity contribution in [3.63, 3.8) is 0 Å². The van der Waals surface area contributed by atoms with Crippen LogP contribution < -0.4 is 21.2 Å². The molecule has 0 unspecified atom stereocenters. The first kappa shape index (κ1) is 36.3. The summed E-state index contributed by atoms with van der Waals surface area (Å²) in [5.74, 6) is -1.25. The first-order valence-electron chi connectivity index (χ1n) is 17.8. The molecule has 7 aromatic carbocycles. The zero-order valence-corrected chi connectivity index (χ0v) is 33.0. The van der Waals surface area contributed by atoms with E-state index in [0.717, 1.165) is 28.1 Å². The van der Waals surface area contributed by atoms with Gasteiger partial charge in [-0.2, -0.15) is 0 Å². The number of anilines is 4. The summed E-state index contributed by atoms with van der Waals surface area (Å²) in [6.07, 6.45) is 0. The van der Waals surface area contributed by atoms with Crippen LogP contribution in [0.3, 0.4) is 0 Å². The topological polar surface area (TPSA) is 76.7 Å². The van der Waals surface area contributed by atoms with Gasteiger partial charge < -0.3 is 0 Å². The zero-order valence-electron chi connectivity index (χ0n) is 30.4. The molecule has 0 aliphatic carbocycles. The van der Waals surface area contributed by atoms with E-state index in [-0.39, 0.29) is 0 Å².